The third kappa shape index (κ3) is 3.28. The monoisotopic (exact) mass is 277 g/mol. The molecule has 1 unspecified atom stereocenters. The second-order valence-corrected chi connectivity index (χ2v) is 5.52. The quantitative estimate of drug-likeness (QED) is 0.914. The highest BCUT2D eigenvalue weighted by Gasteiger charge is 2.22. The van der Waals surface area contributed by atoms with Gasteiger partial charge >= 0.3 is 5.97 Å². The molecular formula is C15H23N3O2. The zero-order valence-corrected chi connectivity index (χ0v) is 12.5. The van der Waals surface area contributed by atoms with E-state index >= 15 is 0 Å². The molecule has 1 aromatic rings. The molecule has 1 N–H and O–H groups in total. The molecule has 2 rings (SSSR count). The smallest absolute Gasteiger partial charge is 0.335 e. The Balaban J connectivity index is 2.34. The van der Waals surface area contributed by atoms with Crippen molar-refractivity contribution in [3.05, 3.63) is 23.4 Å². The Labute approximate surface area is 120 Å². The van der Waals surface area contributed by atoms with Gasteiger partial charge in [0, 0.05) is 24.8 Å². The number of pyridine rings is 1. The van der Waals surface area contributed by atoms with Crippen molar-refractivity contribution in [3.8, 4) is 0 Å². The van der Waals surface area contributed by atoms with Gasteiger partial charge < -0.3 is 14.9 Å². The van der Waals surface area contributed by atoms with Gasteiger partial charge in [0.25, 0.3) is 0 Å². The van der Waals surface area contributed by atoms with E-state index in [9.17, 15) is 9.90 Å². The van der Waals surface area contributed by atoms with Gasteiger partial charge in [-0.05, 0) is 45.5 Å². The van der Waals surface area contributed by atoms with Crippen LogP contribution < -0.4 is 4.90 Å². The zero-order chi connectivity index (χ0) is 14.7. The molecule has 2 heterocycles. The summed E-state index contributed by atoms with van der Waals surface area (Å²) in [6, 6.07) is 3.70. The van der Waals surface area contributed by atoms with Crippen LogP contribution in [-0.4, -0.2) is 53.7 Å². The Morgan fingerprint density at radius 3 is 2.85 bits per heavy atom. The Morgan fingerprint density at radius 2 is 2.20 bits per heavy atom. The Morgan fingerprint density at radius 1 is 1.45 bits per heavy atom. The summed E-state index contributed by atoms with van der Waals surface area (Å²) < 4.78 is 0. The van der Waals surface area contributed by atoms with Crippen molar-refractivity contribution in [2.75, 3.05) is 31.6 Å². The van der Waals surface area contributed by atoms with Crippen LogP contribution >= 0.6 is 0 Å². The molecule has 5 nitrogen and oxygen atoms in total. The van der Waals surface area contributed by atoms with Gasteiger partial charge in [0.15, 0.2) is 0 Å². The number of carboxylic acids is 1. The van der Waals surface area contributed by atoms with Crippen LogP contribution in [0.3, 0.4) is 0 Å². The second kappa shape index (κ2) is 6.22. The second-order valence-electron chi connectivity index (χ2n) is 5.52. The summed E-state index contributed by atoms with van der Waals surface area (Å²) in [5, 5.41) is 9.24. The standard InChI is InChI=1S/C15H23N3O2/c1-4-13-8-12(15(19)20)9-14(16-13)18-7-5-6-17(3)10-11(18)2/h8-9,11H,4-7,10H2,1-3H3,(H,19,20). The Bertz CT molecular complexity index is 490. The van der Waals surface area contributed by atoms with E-state index in [0.717, 1.165) is 44.0 Å². The fourth-order valence-corrected chi connectivity index (χ4v) is 2.74. The highest BCUT2D eigenvalue weighted by molar-refractivity contribution is 5.88. The fraction of sp³-hybridized carbons (Fsp3) is 0.600. The number of anilines is 1. The molecule has 20 heavy (non-hydrogen) atoms. The van der Waals surface area contributed by atoms with Crippen molar-refractivity contribution in [3.63, 3.8) is 0 Å². The van der Waals surface area contributed by atoms with Gasteiger partial charge in [-0.15, -0.1) is 0 Å². The molecular weight excluding hydrogens is 254 g/mol. The summed E-state index contributed by atoms with van der Waals surface area (Å²) in [4.78, 5) is 20.4. The highest BCUT2D eigenvalue weighted by atomic mass is 16.4. The minimum absolute atomic E-state index is 0.330. The average Bonchev–Trinajstić information content (AvgIpc) is 2.58. The van der Waals surface area contributed by atoms with Crippen LogP contribution in [0.2, 0.25) is 0 Å². The molecule has 1 aliphatic heterocycles. The lowest BCUT2D eigenvalue weighted by atomic mass is 10.1. The van der Waals surface area contributed by atoms with Crippen molar-refractivity contribution in [1.82, 2.24) is 9.88 Å². The molecule has 0 bridgehead atoms. The summed E-state index contributed by atoms with van der Waals surface area (Å²) in [6.07, 6.45) is 1.82. The molecule has 110 valence electrons. The van der Waals surface area contributed by atoms with E-state index in [0.29, 0.717) is 11.6 Å². The van der Waals surface area contributed by atoms with Crippen LogP contribution in [0.5, 0.6) is 0 Å². The number of aryl methyl sites for hydroxylation is 1. The number of rotatable bonds is 3. The molecule has 0 aromatic carbocycles. The first-order chi connectivity index (χ1) is 9.51. The highest BCUT2D eigenvalue weighted by Crippen LogP contribution is 2.20. The van der Waals surface area contributed by atoms with Gasteiger partial charge in [-0.1, -0.05) is 6.92 Å². The first kappa shape index (κ1) is 14.8. The van der Waals surface area contributed by atoms with Crippen molar-refractivity contribution < 1.29 is 9.90 Å². The third-order valence-electron chi connectivity index (χ3n) is 3.82. The van der Waals surface area contributed by atoms with Gasteiger partial charge in [0.05, 0.1) is 5.56 Å². The number of carbonyl (C=O) groups is 1. The molecule has 1 fully saturated rings. The van der Waals surface area contributed by atoms with Gasteiger partial charge in [0.1, 0.15) is 5.82 Å². The van der Waals surface area contributed by atoms with E-state index in [1.165, 1.54) is 0 Å². The summed E-state index contributed by atoms with van der Waals surface area (Å²) in [5.74, 6) is -0.0903. The van der Waals surface area contributed by atoms with Gasteiger partial charge in [-0.2, -0.15) is 0 Å². The molecule has 5 heteroatoms. The number of hydrogen-bond acceptors (Lipinski definition) is 4. The molecule has 0 saturated carbocycles. The van der Waals surface area contributed by atoms with E-state index in [-0.39, 0.29) is 0 Å². The van der Waals surface area contributed by atoms with E-state index in [2.05, 4.69) is 28.8 Å². The molecule has 1 aromatic heterocycles. The van der Waals surface area contributed by atoms with E-state index in [1.807, 2.05) is 6.92 Å². The lowest BCUT2D eigenvalue weighted by Gasteiger charge is -2.29. The summed E-state index contributed by atoms with van der Waals surface area (Å²) in [7, 11) is 2.12. The topological polar surface area (TPSA) is 56.7 Å². The van der Waals surface area contributed by atoms with Gasteiger partial charge in [0.2, 0.25) is 0 Å². The van der Waals surface area contributed by atoms with E-state index in [1.54, 1.807) is 12.1 Å². The van der Waals surface area contributed by atoms with Crippen LogP contribution in [0.15, 0.2) is 12.1 Å². The fourth-order valence-electron chi connectivity index (χ4n) is 2.74. The molecule has 0 amide bonds. The summed E-state index contributed by atoms with van der Waals surface area (Å²) in [6.45, 7) is 7.13. The largest absolute Gasteiger partial charge is 0.478 e. The van der Waals surface area contributed by atoms with Crippen LogP contribution in [0, 0.1) is 0 Å². The van der Waals surface area contributed by atoms with Crippen molar-refractivity contribution >= 4 is 11.8 Å². The van der Waals surface area contributed by atoms with Gasteiger partial charge in [-0.25, -0.2) is 9.78 Å². The predicted molar refractivity (Wildman–Crippen MR) is 79.5 cm³/mol. The Hall–Kier alpha value is -1.62. The Kier molecular flexibility index (Phi) is 4.60. The number of nitrogens with zero attached hydrogens (tertiary/aromatic N) is 3. The first-order valence-electron chi connectivity index (χ1n) is 7.20. The van der Waals surface area contributed by atoms with Crippen LogP contribution in [0.25, 0.3) is 0 Å². The number of likely N-dealkylation sites (N-methyl/N-ethyl adjacent to an activating group) is 1. The van der Waals surface area contributed by atoms with Crippen LogP contribution in [0.4, 0.5) is 5.82 Å². The molecule has 1 atom stereocenters. The summed E-state index contributed by atoms with van der Waals surface area (Å²) >= 11 is 0. The predicted octanol–water partition coefficient (Wildman–Crippen LogP) is 1.87. The number of aromatic carboxylic acids is 1. The zero-order valence-electron chi connectivity index (χ0n) is 12.5. The van der Waals surface area contributed by atoms with Crippen molar-refractivity contribution in [2.24, 2.45) is 0 Å². The number of carboxylic acid groups (broad SMARTS) is 1. The van der Waals surface area contributed by atoms with Crippen LogP contribution in [0.1, 0.15) is 36.3 Å². The normalized spacial score (nSPS) is 20.8. The molecule has 1 saturated heterocycles. The molecule has 0 spiro atoms. The lowest BCUT2D eigenvalue weighted by molar-refractivity contribution is 0.0696. The maximum absolute atomic E-state index is 11.3. The maximum atomic E-state index is 11.3. The minimum Gasteiger partial charge on any atom is -0.478 e. The van der Waals surface area contributed by atoms with E-state index < -0.39 is 5.97 Å². The SMILES string of the molecule is CCc1cc(C(=O)O)cc(N2CCCN(C)CC2C)n1. The van der Waals surface area contributed by atoms with Crippen molar-refractivity contribution in [2.45, 2.75) is 32.7 Å². The lowest BCUT2D eigenvalue weighted by Crippen LogP contribution is -2.38. The third-order valence-corrected chi connectivity index (χ3v) is 3.82. The average molecular weight is 277 g/mol. The first-order valence-corrected chi connectivity index (χ1v) is 7.20. The number of aromatic nitrogens is 1. The van der Waals surface area contributed by atoms with Crippen molar-refractivity contribution in [1.29, 1.82) is 0 Å². The maximum Gasteiger partial charge on any atom is 0.335 e. The molecule has 0 aliphatic carbocycles. The van der Waals surface area contributed by atoms with E-state index in [4.69, 9.17) is 0 Å². The summed E-state index contributed by atoms with van der Waals surface area (Å²) in [5.41, 5.74) is 1.17. The van der Waals surface area contributed by atoms with Crippen LogP contribution in [-0.2, 0) is 6.42 Å². The molecule has 1 aliphatic rings. The van der Waals surface area contributed by atoms with Gasteiger partial charge in [-0.3, -0.25) is 0 Å². The minimum atomic E-state index is -0.886. The molecule has 0 radical (unpaired) electrons. The number of hydrogen-bond donors (Lipinski definition) is 1.